The Morgan fingerprint density at radius 2 is 2.09 bits per heavy atom. The highest BCUT2D eigenvalue weighted by Gasteiger charge is 2.19. The largest absolute Gasteiger partial charge is 0.487 e. The first-order valence-electron chi connectivity index (χ1n) is 7.16. The first-order valence-corrected chi connectivity index (χ1v) is 8.04. The monoisotopic (exact) mass is 324 g/mol. The van der Waals surface area contributed by atoms with Crippen molar-refractivity contribution in [1.29, 1.82) is 0 Å². The number of nitrogens with two attached hydrogens (primary N) is 1. The molecule has 23 heavy (non-hydrogen) atoms. The molecule has 0 aliphatic rings. The number of aryl methyl sites for hydroxylation is 1. The fourth-order valence-electron chi connectivity index (χ4n) is 2.30. The molecule has 0 aliphatic heterocycles. The number of benzene rings is 1. The molecule has 116 valence electrons. The van der Waals surface area contributed by atoms with E-state index in [-0.39, 0.29) is 0 Å². The Labute approximate surface area is 138 Å². The molecule has 0 unspecified atom stereocenters. The Balaban J connectivity index is 1.95. The summed E-state index contributed by atoms with van der Waals surface area (Å²) >= 11 is 1.29. The maximum absolute atomic E-state index is 11.7. The summed E-state index contributed by atoms with van der Waals surface area (Å²) in [5, 5.41) is 1.88. The normalized spacial score (nSPS) is 10.5. The van der Waals surface area contributed by atoms with Gasteiger partial charge in [0.05, 0.1) is 0 Å². The predicted molar refractivity (Wildman–Crippen MR) is 91.6 cm³/mol. The molecule has 0 spiro atoms. The van der Waals surface area contributed by atoms with E-state index in [1.165, 1.54) is 11.3 Å². The van der Waals surface area contributed by atoms with Gasteiger partial charge in [-0.3, -0.25) is 9.78 Å². The standard InChI is InChI=1S/C18H16N2O2S/c1-12-5-2-3-6-14(12)10-22-16-15(11-23-17(16)18(19)21)13-7-4-8-20-9-13/h2-9,11H,10H2,1H3,(H2,19,21). The summed E-state index contributed by atoms with van der Waals surface area (Å²) < 4.78 is 5.97. The van der Waals surface area contributed by atoms with Crippen LogP contribution < -0.4 is 10.5 Å². The van der Waals surface area contributed by atoms with Gasteiger partial charge in [0.25, 0.3) is 5.91 Å². The molecular weight excluding hydrogens is 308 g/mol. The van der Waals surface area contributed by atoms with Crippen LogP contribution in [0.3, 0.4) is 0 Å². The van der Waals surface area contributed by atoms with E-state index in [2.05, 4.69) is 4.98 Å². The second-order valence-corrected chi connectivity index (χ2v) is 6.01. The molecule has 0 saturated carbocycles. The van der Waals surface area contributed by atoms with Gasteiger partial charge in [-0.1, -0.05) is 30.3 Å². The van der Waals surface area contributed by atoms with E-state index in [4.69, 9.17) is 10.5 Å². The van der Waals surface area contributed by atoms with Crippen LogP contribution in [0.25, 0.3) is 11.1 Å². The zero-order chi connectivity index (χ0) is 16.2. The number of amides is 1. The fourth-order valence-corrected chi connectivity index (χ4v) is 3.17. The molecule has 0 aliphatic carbocycles. The Bertz CT molecular complexity index is 828. The van der Waals surface area contributed by atoms with Crippen molar-refractivity contribution < 1.29 is 9.53 Å². The van der Waals surface area contributed by atoms with Crippen molar-refractivity contribution in [2.75, 3.05) is 0 Å². The molecule has 3 rings (SSSR count). The fraction of sp³-hybridized carbons (Fsp3) is 0.111. The number of aromatic nitrogens is 1. The van der Waals surface area contributed by atoms with Gasteiger partial charge in [0, 0.05) is 28.9 Å². The minimum absolute atomic E-state index is 0.386. The van der Waals surface area contributed by atoms with Gasteiger partial charge >= 0.3 is 0 Å². The van der Waals surface area contributed by atoms with Gasteiger partial charge < -0.3 is 10.5 Å². The molecule has 1 amide bonds. The van der Waals surface area contributed by atoms with Crippen LogP contribution in [0.4, 0.5) is 0 Å². The van der Waals surface area contributed by atoms with Crippen molar-refractivity contribution in [2.45, 2.75) is 13.5 Å². The molecule has 2 N–H and O–H groups in total. The van der Waals surface area contributed by atoms with E-state index in [1.807, 2.05) is 48.7 Å². The van der Waals surface area contributed by atoms with Crippen LogP contribution >= 0.6 is 11.3 Å². The third-order valence-corrected chi connectivity index (χ3v) is 4.55. The maximum atomic E-state index is 11.7. The van der Waals surface area contributed by atoms with E-state index in [9.17, 15) is 4.79 Å². The molecule has 0 fully saturated rings. The minimum atomic E-state index is -0.482. The molecular formula is C18H16N2O2S. The number of hydrogen-bond acceptors (Lipinski definition) is 4. The molecule has 1 aromatic carbocycles. The van der Waals surface area contributed by atoms with Crippen LogP contribution in [0.15, 0.2) is 54.2 Å². The number of pyridine rings is 1. The highest BCUT2D eigenvalue weighted by molar-refractivity contribution is 7.13. The second-order valence-electron chi connectivity index (χ2n) is 5.13. The topological polar surface area (TPSA) is 65.2 Å². The van der Waals surface area contributed by atoms with Gasteiger partial charge in [-0.2, -0.15) is 0 Å². The predicted octanol–water partition coefficient (Wildman–Crippen LogP) is 3.80. The summed E-state index contributed by atoms with van der Waals surface area (Å²) in [5.74, 6) is 0.0451. The van der Waals surface area contributed by atoms with E-state index < -0.39 is 5.91 Å². The Hall–Kier alpha value is -2.66. The summed E-state index contributed by atoms with van der Waals surface area (Å²) in [4.78, 5) is 16.2. The smallest absolute Gasteiger partial charge is 0.262 e. The third-order valence-electron chi connectivity index (χ3n) is 3.58. The van der Waals surface area contributed by atoms with Gasteiger partial charge in [-0.15, -0.1) is 11.3 Å². The number of primary amides is 1. The van der Waals surface area contributed by atoms with Crippen molar-refractivity contribution in [1.82, 2.24) is 4.98 Å². The van der Waals surface area contributed by atoms with E-state index in [0.29, 0.717) is 17.2 Å². The van der Waals surface area contributed by atoms with Crippen LogP contribution in [-0.4, -0.2) is 10.9 Å². The summed E-state index contributed by atoms with van der Waals surface area (Å²) in [6, 6.07) is 11.8. The summed E-state index contributed by atoms with van der Waals surface area (Å²) in [7, 11) is 0. The zero-order valence-electron chi connectivity index (χ0n) is 12.7. The van der Waals surface area contributed by atoms with Crippen molar-refractivity contribution >= 4 is 17.2 Å². The van der Waals surface area contributed by atoms with Crippen LogP contribution in [-0.2, 0) is 6.61 Å². The lowest BCUT2D eigenvalue weighted by molar-refractivity contribution is 0.100. The molecule has 2 aromatic heterocycles. The zero-order valence-corrected chi connectivity index (χ0v) is 13.5. The van der Waals surface area contributed by atoms with Gasteiger partial charge in [-0.05, 0) is 24.1 Å². The summed E-state index contributed by atoms with van der Waals surface area (Å²) in [6.07, 6.45) is 3.45. The number of carbonyl (C=O) groups is 1. The lowest BCUT2D eigenvalue weighted by Crippen LogP contribution is -2.11. The summed E-state index contributed by atoms with van der Waals surface area (Å²) in [5.41, 5.74) is 9.44. The molecule has 2 heterocycles. The van der Waals surface area contributed by atoms with Gasteiger partial charge in [-0.25, -0.2) is 0 Å². The molecule has 0 radical (unpaired) electrons. The first kappa shape index (κ1) is 15.2. The van der Waals surface area contributed by atoms with Crippen LogP contribution in [0.5, 0.6) is 5.75 Å². The average Bonchev–Trinajstić information content (AvgIpc) is 2.99. The molecule has 3 aromatic rings. The van der Waals surface area contributed by atoms with E-state index >= 15 is 0 Å². The van der Waals surface area contributed by atoms with Crippen LogP contribution in [0, 0.1) is 6.92 Å². The number of ether oxygens (including phenoxy) is 1. The summed E-state index contributed by atoms with van der Waals surface area (Å²) in [6.45, 7) is 2.42. The lowest BCUT2D eigenvalue weighted by Gasteiger charge is -2.11. The molecule has 0 bridgehead atoms. The number of rotatable bonds is 5. The van der Waals surface area contributed by atoms with Gasteiger partial charge in [0.2, 0.25) is 0 Å². The van der Waals surface area contributed by atoms with Crippen molar-refractivity contribution in [3.05, 3.63) is 70.2 Å². The van der Waals surface area contributed by atoms with Gasteiger partial charge in [0.15, 0.2) is 5.75 Å². The number of thiophene rings is 1. The molecule has 4 nitrogen and oxygen atoms in total. The van der Waals surface area contributed by atoms with Crippen molar-refractivity contribution in [3.8, 4) is 16.9 Å². The average molecular weight is 324 g/mol. The highest BCUT2D eigenvalue weighted by atomic mass is 32.1. The Kier molecular flexibility index (Phi) is 4.39. The van der Waals surface area contributed by atoms with Crippen molar-refractivity contribution in [2.24, 2.45) is 5.73 Å². The van der Waals surface area contributed by atoms with Gasteiger partial charge in [0.1, 0.15) is 11.5 Å². The Morgan fingerprint density at radius 1 is 1.26 bits per heavy atom. The maximum Gasteiger partial charge on any atom is 0.262 e. The SMILES string of the molecule is Cc1ccccc1COc1c(-c2cccnc2)csc1C(N)=O. The quantitative estimate of drug-likeness (QED) is 0.776. The van der Waals surface area contributed by atoms with Crippen LogP contribution in [0.1, 0.15) is 20.8 Å². The molecule has 5 heteroatoms. The number of carbonyl (C=O) groups excluding carboxylic acids is 1. The minimum Gasteiger partial charge on any atom is -0.487 e. The second kappa shape index (κ2) is 6.62. The number of hydrogen-bond donors (Lipinski definition) is 1. The van der Waals surface area contributed by atoms with Crippen LogP contribution in [0.2, 0.25) is 0 Å². The van der Waals surface area contributed by atoms with Crippen molar-refractivity contribution in [3.63, 3.8) is 0 Å². The lowest BCUT2D eigenvalue weighted by atomic mass is 10.1. The highest BCUT2D eigenvalue weighted by Crippen LogP contribution is 2.38. The molecule has 0 saturated heterocycles. The first-order chi connectivity index (χ1) is 11.2. The van der Waals surface area contributed by atoms with E-state index in [0.717, 1.165) is 22.3 Å². The number of nitrogens with zero attached hydrogens (tertiary/aromatic N) is 1. The Morgan fingerprint density at radius 3 is 2.78 bits per heavy atom. The third kappa shape index (κ3) is 3.24. The molecule has 0 atom stereocenters. The van der Waals surface area contributed by atoms with E-state index in [1.54, 1.807) is 12.4 Å².